The van der Waals surface area contributed by atoms with Gasteiger partial charge in [-0.25, -0.2) is 18.5 Å². The minimum Gasteiger partial charge on any atom is -0.334 e. The summed E-state index contributed by atoms with van der Waals surface area (Å²) in [6.07, 6.45) is 2.10. The zero-order valence-electron chi connectivity index (χ0n) is 14.3. The minimum atomic E-state index is -0.993. The summed E-state index contributed by atoms with van der Waals surface area (Å²) in [5, 5.41) is 2.68. The van der Waals surface area contributed by atoms with Crippen molar-refractivity contribution in [1.82, 2.24) is 5.32 Å². The molecule has 2 unspecified atom stereocenters. The highest BCUT2D eigenvalue weighted by Gasteiger charge is 2.45. The second-order valence-electron chi connectivity index (χ2n) is 6.67. The van der Waals surface area contributed by atoms with Gasteiger partial charge in [0, 0.05) is 17.2 Å². The number of carbonyl (C=O) groups is 2. The Balaban J connectivity index is 1.67. The maximum Gasteiger partial charge on any atom is 0.329 e. The maximum atomic E-state index is 14.6. The van der Waals surface area contributed by atoms with Gasteiger partial charge in [-0.05, 0) is 37.1 Å². The SMILES string of the molecule is O=C1NC2CCCC2C(=O)N1c1c(F)cc(C#Cc2ccccc2)cc1F. The van der Waals surface area contributed by atoms with Crippen LogP contribution in [0.15, 0.2) is 42.5 Å². The van der Waals surface area contributed by atoms with Gasteiger partial charge in [0.05, 0.1) is 5.92 Å². The van der Waals surface area contributed by atoms with Crippen LogP contribution in [-0.2, 0) is 4.79 Å². The number of urea groups is 1. The first-order chi connectivity index (χ1) is 13.0. The second kappa shape index (κ2) is 6.84. The predicted molar refractivity (Wildman–Crippen MR) is 95.9 cm³/mol. The molecule has 2 aromatic carbocycles. The number of nitrogens with zero attached hydrogens (tertiary/aromatic N) is 1. The van der Waals surface area contributed by atoms with E-state index in [9.17, 15) is 18.4 Å². The van der Waals surface area contributed by atoms with Crippen molar-refractivity contribution in [2.24, 2.45) is 5.92 Å². The number of amides is 3. The van der Waals surface area contributed by atoms with Crippen LogP contribution in [0.3, 0.4) is 0 Å². The predicted octanol–water partition coefficient (Wildman–Crippen LogP) is 3.59. The molecule has 2 aromatic rings. The summed E-state index contributed by atoms with van der Waals surface area (Å²) < 4.78 is 29.3. The van der Waals surface area contributed by atoms with E-state index in [1.165, 1.54) is 0 Å². The molecule has 2 aliphatic rings. The highest BCUT2D eigenvalue weighted by atomic mass is 19.1. The van der Waals surface area contributed by atoms with E-state index in [4.69, 9.17) is 0 Å². The molecule has 1 heterocycles. The fraction of sp³-hybridized carbons (Fsp3) is 0.238. The van der Waals surface area contributed by atoms with Crippen molar-refractivity contribution in [3.63, 3.8) is 0 Å². The Morgan fingerprint density at radius 2 is 1.63 bits per heavy atom. The zero-order valence-corrected chi connectivity index (χ0v) is 14.3. The number of carbonyl (C=O) groups excluding carboxylic acids is 2. The average Bonchev–Trinajstić information content (AvgIpc) is 3.11. The van der Waals surface area contributed by atoms with Crippen LogP contribution in [0, 0.1) is 29.4 Å². The molecule has 0 spiro atoms. The Morgan fingerprint density at radius 3 is 2.33 bits per heavy atom. The number of imide groups is 1. The van der Waals surface area contributed by atoms with Crippen LogP contribution in [0.4, 0.5) is 19.3 Å². The fourth-order valence-corrected chi connectivity index (χ4v) is 3.65. The standard InChI is InChI=1S/C21H16F2N2O2/c22-16-11-14(10-9-13-5-2-1-3-6-13)12-17(23)19(16)25-20(26)15-7-4-8-18(15)24-21(25)27/h1-3,5-6,11-12,15,18H,4,7-8H2,(H,24,27). The van der Waals surface area contributed by atoms with Gasteiger partial charge in [0.15, 0.2) is 11.6 Å². The molecule has 3 amide bonds. The van der Waals surface area contributed by atoms with E-state index in [0.29, 0.717) is 23.3 Å². The number of hydrogen-bond acceptors (Lipinski definition) is 2. The average molecular weight is 366 g/mol. The van der Waals surface area contributed by atoms with Crippen LogP contribution in [0.5, 0.6) is 0 Å². The van der Waals surface area contributed by atoms with Crippen molar-refractivity contribution in [3.05, 3.63) is 65.2 Å². The lowest BCUT2D eigenvalue weighted by Gasteiger charge is -2.34. The van der Waals surface area contributed by atoms with Gasteiger partial charge in [-0.1, -0.05) is 36.5 Å². The molecule has 2 fully saturated rings. The van der Waals surface area contributed by atoms with Crippen molar-refractivity contribution in [2.75, 3.05) is 4.90 Å². The molecule has 1 N–H and O–H groups in total. The summed E-state index contributed by atoms with van der Waals surface area (Å²) in [6, 6.07) is 10.1. The Kier molecular flexibility index (Phi) is 4.36. The summed E-state index contributed by atoms with van der Waals surface area (Å²) >= 11 is 0. The fourth-order valence-electron chi connectivity index (χ4n) is 3.65. The Hall–Kier alpha value is -3.20. The van der Waals surface area contributed by atoms with E-state index in [0.717, 1.165) is 18.6 Å². The summed E-state index contributed by atoms with van der Waals surface area (Å²) in [4.78, 5) is 25.5. The van der Waals surface area contributed by atoms with E-state index >= 15 is 0 Å². The van der Waals surface area contributed by atoms with Crippen molar-refractivity contribution >= 4 is 17.6 Å². The lowest BCUT2D eigenvalue weighted by Crippen LogP contribution is -2.59. The van der Waals surface area contributed by atoms with Crippen LogP contribution in [0.25, 0.3) is 0 Å². The topological polar surface area (TPSA) is 49.4 Å². The van der Waals surface area contributed by atoms with E-state index in [1.54, 1.807) is 12.1 Å². The first kappa shape index (κ1) is 17.2. The van der Waals surface area contributed by atoms with Gasteiger partial charge in [-0.3, -0.25) is 4.79 Å². The van der Waals surface area contributed by atoms with Gasteiger partial charge in [0.25, 0.3) is 0 Å². The van der Waals surface area contributed by atoms with Gasteiger partial charge in [-0.15, -0.1) is 0 Å². The molecule has 4 nitrogen and oxygen atoms in total. The van der Waals surface area contributed by atoms with E-state index in [2.05, 4.69) is 17.2 Å². The summed E-state index contributed by atoms with van der Waals surface area (Å²) in [5.41, 5.74) is 0.189. The van der Waals surface area contributed by atoms with Crippen molar-refractivity contribution < 1.29 is 18.4 Å². The normalized spacial score (nSPS) is 21.3. The molecule has 0 bridgehead atoms. The van der Waals surface area contributed by atoms with Crippen LogP contribution in [0.2, 0.25) is 0 Å². The molecular formula is C21H16F2N2O2. The summed E-state index contributed by atoms with van der Waals surface area (Å²) in [6.45, 7) is 0. The third-order valence-corrected chi connectivity index (χ3v) is 4.93. The number of fused-ring (bicyclic) bond motifs is 1. The highest BCUT2D eigenvalue weighted by molar-refractivity contribution is 6.17. The summed E-state index contributed by atoms with van der Waals surface area (Å²) in [5.74, 6) is 2.55. The van der Waals surface area contributed by atoms with Gasteiger partial charge in [-0.2, -0.15) is 0 Å². The van der Waals surface area contributed by atoms with Crippen LogP contribution in [0.1, 0.15) is 30.4 Å². The van der Waals surface area contributed by atoms with Gasteiger partial charge in [0.1, 0.15) is 5.69 Å². The number of benzene rings is 2. The Morgan fingerprint density at radius 1 is 0.963 bits per heavy atom. The second-order valence-corrected chi connectivity index (χ2v) is 6.67. The largest absolute Gasteiger partial charge is 0.334 e. The molecule has 0 radical (unpaired) electrons. The minimum absolute atomic E-state index is 0.126. The molecule has 1 saturated carbocycles. The molecule has 136 valence electrons. The molecule has 6 heteroatoms. The van der Waals surface area contributed by atoms with Crippen molar-refractivity contribution in [1.29, 1.82) is 0 Å². The van der Waals surface area contributed by atoms with E-state index in [-0.39, 0.29) is 11.6 Å². The van der Waals surface area contributed by atoms with Crippen LogP contribution >= 0.6 is 0 Å². The number of rotatable bonds is 1. The molecule has 1 aliphatic carbocycles. The number of nitrogens with one attached hydrogen (secondary N) is 1. The number of hydrogen-bond donors (Lipinski definition) is 1. The van der Waals surface area contributed by atoms with Crippen molar-refractivity contribution in [2.45, 2.75) is 25.3 Å². The maximum absolute atomic E-state index is 14.6. The molecule has 27 heavy (non-hydrogen) atoms. The number of anilines is 1. The monoisotopic (exact) mass is 366 g/mol. The lowest BCUT2D eigenvalue weighted by molar-refractivity contribution is -0.122. The molecule has 1 aliphatic heterocycles. The van der Waals surface area contributed by atoms with Crippen LogP contribution in [-0.4, -0.2) is 18.0 Å². The molecule has 0 aromatic heterocycles. The first-order valence-corrected chi connectivity index (χ1v) is 8.75. The van der Waals surface area contributed by atoms with E-state index in [1.807, 2.05) is 18.2 Å². The van der Waals surface area contributed by atoms with Crippen LogP contribution < -0.4 is 10.2 Å². The number of halogens is 2. The molecule has 2 atom stereocenters. The first-order valence-electron chi connectivity index (χ1n) is 8.75. The van der Waals surface area contributed by atoms with Gasteiger partial charge in [0.2, 0.25) is 5.91 Å². The quantitative estimate of drug-likeness (QED) is 0.784. The molecule has 4 rings (SSSR count). The Bertz CT molecular complexity index is 956. The lowest BCUT2D eigenvalue weighted by atomic mass is 9.99. The summed E-state index contributed by atoms with van der Waals surface area (Å²) in [7, 11) is 0. The Labute approximate surface area is 155 Å². The molecule has 1 saturated heterocycles. The zero-order chi connectivity index (χ0) is 19.0. The third-order valence-electron chi connectivity index (χ3n) is 4.93. The van der Waals surface area contributed by atoms with Crippen molar-refractivity contribution in [3.8, 4) is 11.8 Å². The van der Waals surface area contributed by atoms with Gasteiger partial charge < -0.3 is 5.32 Å². The van der Waals surface area contributed by atoms with Gasteiger partial charge >= 0.3 is 6.03 Å². The molecular weight excluding hydrogens is 350 g/mol. The smallest absolute Gasteiger partial charge is 0.329 e. The van der Waals surface area contributed by atoms with E-state index < -0.39 is 35.2 Å². The third kappa shape index (κ3) is 3.17. The highest BCUT2D eigenvalue weighted by Crippen LogP contribution is 2.35.